The van der Waals surface area contributed by atoms with Crippen LogP contribution < -0.4 is 19.8 Å². The lowest BCUT2D eigenvalue weighted by Crippen LogP contribution is -2.43. The van der Waals surface area contributed by atoms with Crippen LogP contribution in [0.1, 0.15) is 43.0 Å². The summed E-state index contributed by atoms with van der Waals surface area (Å²) in [7, 11) is -5.87. The minimum atomic E-state index is -3.64. The highest BCUT2D eigenvalue weighted by Crippen LogP contribution is 2.29. The number of hydrogen-bond donors (Lipinski definition) is 2. The number of alkyl halides is 2. The fraction of sp³-hybridized carbons (Fsp3) is 0.500. The molecule has 0 radical (unpaired) electrons. The SMILES string of the molecule is CN(c1ccc(N2CCNCC2)cc1C(=O)Nc1ccc(S(=O)(=O)CCCCCC(C)(F)F)cc1)S(C)(=O)=O. The van der Waals surface area contributed by atoms with Crippen molar-refractivity contribution in [1.29, 1.82) is 0 Å². The van der Waals surface area contributed by atoms with E-state index in [0.29, 0.717) is 12.1 Å². The number of nitrogens with one attached hydrogen (secondary N) is 2. The van der Waals surface area contributed by atoms with E-state index in [1.165, 1.54) is 31.3 Å². The van der Waals surface area contributed by atoms with Crippen LogP contribution in [0.3, 0.4) is 0 Å². The van der Waals surface area contributed by atoms with E-state index < -0.39 is 31.7 Å². The molecule has 3 rings (SSSR count). The molecule has 1 aliphatic heterocycles. The van der Waals surface area contributed by atoms with Crippen molar-refractivity contribution in [3.63, 3.8) is 0 Å². The number of hydrogen-bond acceptors (Lipinski definition) is 7. The highest BCUT2D eigenvalue weighted by Gasteiger charge is 2.23. The average Bonchev–Trinajstić information content (AvgIpc) is 2.87. The van der Waals surface area contributed by atoms with Gasteiger partial charge in [-0.2, -0.15) is 0 Å². The number of benzene rings is 2. The van der Waals surface area contributed by atoms with E-state index in [2.05, 4.69) is 15.5 Å². The molecule has 13 heteroatoms. The number of amides is 1. The van der Waals surface area contributed by atoms with Gasteiger partial charge in [0.05, 0.1) is 28.2 Å². The maximum absolute atomic E-state index is 13.3. The van der Waals surface area contributed by atoms with E-state index in [1.807, 2.05) is 0 Å². The Morgan fingerprint density at radius 3 is 2.26 bits per heavy atom. The maximum Gasteiger partial charge on any atom is 0.257 e. The third kappa shape index (κ3) is 8.87. The summed E-state index contributed by atoms with van der Waals surface area (Å²) in [6, 6.07) is 10.7. The minimum Gasteiger partial charge on any atom is -0.369 e. The average molecular weight is 587 g/mol. The number of carbonyl (C=O) groups is 1. The van der Waals surface area contributed by atoms with E-state index in [-0.39, 0.29) is 41.2 Å². The number of rotatable bonds is 12. The van der Waals surface area contributed by atoms with Crippen LogP contribution in [0.15, 0.2) is 47.4 Å². The summed E-state index contributed by atoms with van der Waals surface area (Å²) in [6.07, 6.45) is 1.68. The minimum absolute atomic E-state index is 0.0690. The monoisotopic (exact) mass is 586 g/mol. The van der Waals surface area contributed by atoms with Crippen LogP contribution in [-0.4, -0.2) is 73.9 Å². The Balaban J connectivity index is 1.74. The Bertz CT molecular complexity index is 1360. The number of sulfonamides is 1. The molecule has 1 heterocycles. The van der Waals surface area contributed by atoms with Crippen LogP contribution >= 0.6 is 0 Å². The van der Waals surface area contributed by atoms with Gasteiger partial charge in [-0.15, -0.1) is 0 Å². The highest BCUT2D eigenvalue weighted by molar-refractivity contribution is 7.92. The van der Waals surface area contributed by atoms with Gasteiger partial charge in [-0.25, -0.2) is 25.6 Å². The molecule has 0 saturated carbocycles. The Labute approximate surface area is 229 Å². The lowest BCUT2D eigenvalue weighted by Gasteiger charge is -2.30. The van der Waals surface area contributed by atoms with Crippen molar-refractivity contribution in [2.75, 3.05) is 59.8 Å². The first-order valence-corrected chi connectivity index (χ1v) is 16.2. The summed E-state index contributed by atoms with van der Waals surface area (Å²) in [5.74, 6) is -3.46. The number of unbranched alkanes of at least 4 members (excludes halogenated alkanes) is 2. The van der Waals surface area contributed by atoms with Crippen molar-refractivity contribution in [2.24, 2.45) is 0 Å². The molecule has 1 saturated heterocycles. The number of piperazine rings is 1. The Kier molecular flexibility index (Phi) is 9.94. The zero-order valence-corrected chi connectivity index (χ0v) is 24.0. The molecule has 1 fully saturated rings. The molecule has 2 aromatic carbocycles. The van der Waals surface area contributed by atoms with Crippen LogP contribution in [-0.2, 0) is 19.9 Å². The second-order valence-electron chi connectivity index (χ2n) is 9.85. The van der Waals surface area contributed by atoms with E-state index in [9.17, 15) is 30.4 Å². The first-order valence-electron chi connectivity index (χ1n) is 12.7. The number of sulfone groups is 1. The van der Waals surface area contributed by atoms with Crippen LogP contribution in [0.25, 0.3) is 0 Å². The second-order valence-corrected chi connectivity index (χ2v) is 14.0. The molecule has 2 aromatic rings. The first kappa shape index (κ1) is 30.8. The summed E-state index contributed by atoms with van der Waals surface area (Å²) in [4.78, 5) is 15.5. The van der Waals surface area contributed by atoms with Gasteiger partial charge in [0.15, 0.2) is 9.84 Å². The van der Waals surface area contributed by atoms with Crippen molar-refractivity contribution >= 4 is 42.8 Å². The number of nitrogens with zero attached hydrogens (tertiary/aromatic N) is 2. The van der Waals surface area contributed by atoms with Crippen molar-refractivity contribution in [3.05, 3.63) is 48.0 Å². The molecule has 0 aliphatic carbocycles. The van der Waals surface area contributed by atoms with Gasteiger partial charge in [0.1, 0.15) is 0 Å². The first-order chi connectivity index (χ1) is 18.2. The summed E-state index contributed by atoms with van der Waals surface area (Å²) < 4.78 is 76.6. The topological polar surface area (TPSA) is 116 Å². The summed E-state index contributed by atoms with van der Waals surface area (Å²) in [5.41, 5.74) is 1.50. The van der Waals surface area contributed by atoms with Crippen molar-refractivity contribution < 1.29 is 30.4 Å². The Morgan fingerprint density at radius 2 is 1.67 bits per heavy atom. The fourth-order valence-corrected chi connectivity index (χ4v) is 6.13. The van der Waals surface area contributed by atoms with Crippen LogP contribution in [0.2, 0.25) is 0 Å². The van der Waals surface area contributed by atoms with Gasteiger partial charge in [0, 0.05) is 51.0 Å². The molecule has 1 amide bonds. The quantitative estimate of drug-likeness (QED) is 0.364. The lowest BCUT2D eigenvalue weighted by molar-refractivity contribution is 0.0105. The van der Waals surface area contributed by atoms with Crippen molar-refractivity contribution in [1.82, 2.24) is 5.32 Å². The third-order valence-electron chi connectivity index (χ3n) is 6.54. The molecule has 1 aliphatic rings. The standard InChI is InChI=1S/C26H36F2N4O5S2/c1-26(27,28)13-5-4-6-18-39(36,37)22-10-7-20(8-11-22)30-25(33)23-19-21(32-16-14-29-15-17-32)9-12-24(23)31(2)38(3,34)35/h7-12,19,29H,4-6,13-18H2,1-3H3,(H,30,33). The van der Waals surface area contributed by atoms with E-state index in [1.54, 1.807) is 18.2 Å². The van der Waals surface area contributed by atoms with Gasteiger partial charge < -0.3 is 15.5 Å². The Morgan fingerprint density at radius 1 is 1.03 bits per heavy atom. The molecule has 39 heavy (non-hydrogen) atoms. The fourth-order valence-electron chi connectivity index (χ4n) is 4.25. The number of halogens is 2. The van der Waals surface area contributed by atoms with Crippen LogP contribution in [0.5, 0.6) is 0 Å². The molecule has 0 atom stereocenters. The third-order valence-corrected chi connectivity index (χ3v) is 9.55. The highest BCUT2D eigenvalue weighted by atomic mass is 32.2. The van der Waals surface area contributed by atoms with Gasteiger partial charge in [0.2, 0.25) is 15.9 Å². The molecule has 2 N–H and O–H groups in total. The predicted molar refractivity (Wildman–Crippen MR) is 150 cm³/mol. The number of carbonyl (C=O) groups excluding carboxylic acids is 1. The number of anilines is 3. The van der Waals surface area contributed by atoms with E-state index in [0.717, 1.165) is 49.4 Å². The van der Waals surface area contributed by atoms with Crippen molar-refractivity contribution in [3.8, 4) is 0 Å². The zero-order valence-electron chi connectivity index (χ0n) is 22.4. The molecule has 0 bridgehead atoms. The molecule has 0 spiro atoms. The smallest absolute Gasteiger partial charge is 0.257 e. The van der Waals surface area contributed by atoms with Crippen LogP contribution in [0.4, 0.5) is 25.8 Å². The van der Waals surface area contributed by atoms with Gasteiger partial charge in [-0.1, -0.05) is 6.42 Å². The molecule has 0 aromatic heterocycles. The summed E-state index contributed by atoms with van der Waals surface area (Å²) in [6.45, 7) is 3.90. The van der Waals surface area contributed by atoms with Crippen molar-refractivity contribution in [2.45, 2.75) is 43.4 Å². The van der Waals surface area contributed by atoms with E-state index in [4.69, 9.17) is 0 Å². The van der Waals surface area contributed by atoms with Gasteiger partial charge in [-0.3, -0.25) is 9.10 Å². The lowest BCUT2D eigenvalue weighted by atomic mass is 10.1. The van der Waals surface area contributed by atoms with Crippen LogP contribution in [0, 0.1) is 0 Å². The second kappa shape index (κ2) is 12.6. The van der Waals surface area contributed by atoms with E-state index >= 15 is 0 Å². The van der Waals surface area contributed by atoms with Gasteiger partial charge in [0.25, 0.3) is 5.91 Å². The Hall–Kier alpha value is -2.77. The molecule has 216 valence electrons. The molecule has 0 unspecified atom stereocenters. The largest absolute Gasteiger partial charge is 0.369 e. The summed E-state index contributed by atoms with van der Waals surface area (Å²) >= 11 is 0. The van der Waals surface area contributed by atoms with Gasteiger partial charge >= 0.3 is 0 Å². The molecule has 9 nitrogen and oxygen atoms in total. The zero-order chi connectivity index (χ0) is 28.8. The van der Waals surface area contributed by atoms with Gasteiger partial charge in [-0.05, 0) is 62.2 Å². The predicted octanol–water partition coefficient (Wildman–Crippen LogP) is 3.73. The maximum atomic E-state index is 13.3. The normalized spacial score (nSPS) is 14.7. The summed E-state index contributed by atoms with van der Waals surface area (Å²) in [5, 5.41) is 5.99. The molecular weight excluding hydrogens is 550 g/mol. The molecular formula is C26H36F2N4O5S2.